The van der Waals surface area contributed by atoms with Crippen LogP contribution in [0.5, 0.6) is 0 Å². The van der Waals surface area contributed by atoms with E-state index in [1.807, 2.05) is 19.1 Å². The van der Waals surface area contributed by atoms with Crippen molar-refractivity contribution in [3.05, 3.63) is 35.4 Å². The number of aliphatic hydroxyl groups is 1. The lowest BCUT2D eigenvalue weighted by atomic mass is 10.0. The van der Waals surface area contributed by atoms with Gasteiger partial charge >= 0.3 is 0 Å². The van der Waals surface area contributed by atoms with Crippen molar-refractivity contribution in [3.63, 3.8) is 0 Å². The average Bonchev–Trinajstić information content (AvgIpc) is 2.26. The summed E-state index contributed by atoms with van der Waals surface area (Å²) in [6.07, 6.45) is 3.00. The largest absolute Gasteiger partial charge is 0.387 e. The van der Waals surface area contributed by atoms with Crippen molar-refractivity contribution in [3.8, 4) is 0 Å². The van der Waals surface area contributed by atoms with E-state index in [2.05, 4.69) is 19.1 Å². The molecule has 2 unspecified atom stereocenters. The molecular weight excluding hydrogens is 186 g/mol. The molecule has 0 spiro atoms. The SMILES string of the molecule is CCCCc1ccc(C(O)C(C)N)cc1. The monoisotopic (exact) mass is 207 g/mol. The van der Waals surface area contributed by atoms with Gasteiger partial charge in [-0.3, -0.25) is 0 Å². The van der Waals surface area contributed by atoms with Crippen LogP contribution in [0.25, 0.3) is 0 Å². The first-order valence-corrected chi connectivity index (χ1v) is 5.67. The van der Waals surface area contributed by atoms with Crippen LogP contribution >= 0.6 is 0 Å². The summed E-state index contributed by atoms with van der Waals surface area (Å²) >= 11 is 0. The molecule has 1 aromatic rings. The van der Waals surface area contributed by atoms with E-state index in [4.69, 9.17) is 5.73 Å². The van der Waals surface area contributed by atoms with Gasteiger partial charge in [-0.1, -0.05) is 37.6 Å². The molecule has 2 nitrogen and oxygen atoms in total. The van der Waals surface area contributed by atoms with Crippen LogP contribution in [0.4, 0.5) is 0 Å². The number of rotatable bonds is 5. The summed E-state index contributed by atoms with van der Waals surface area (Å²) in [4.78, 5) is 0. The van der Waals surface area contributed by atoms with Crippen LogP contribution in [0, 0.1) is 0 Å². The van der Waals surface area contributed by atoms with Crippen LogP contribution in [-0.2, 0) is 6.42 Å². The molecule has 0 aliphatic carbocycles. The third kappa shape index (κ3) is 3.65. The Balaban J connectivity index is 2.63. The maximum Gasteiger partial charge on any atom is 0.0938 e. The maximum atomic E-state index is 9.74. The van der Waals surface area contributed by atoms with Crippen LogP contribution < -0.4 is 5.73 Å². The zero-order valence-electron chi connectivity index (χ0n) is 9.61. The predicted molar refractivity (Wildman–Crippen MR) is 63.7 cm³/mol. The van der Waals surface area contributed by atoms with Crippen LogP contribution in [0.3, 0.4) is 0 Å². The standard InChI is InChI=1S/C13H21NO/c1-3-4-5-11-6-8-12(9-7-11)13(15)10(2)14/h6-10,13,15H,3-5,14H2,1-2H3. The van der Waals surface area contributed by atoms with Crippen molar-refractivity contribution in [2.75, 3.05) is 0 Å². The summed E-state index contributed by atoms with van der Waals surface area (Å²) in [5, 5.41) is 9.74. The molecule has 0 fully saturated rings. The molecule has 0 radical (unpaired) electrons. The number of unbranched alkanes of at least 4 members (excludes halogenated alkanes) is 1. The lowest BCUT2D eigenvalue weighted by molar-refractivity contribution is 0.153. The topological polar surface area (TPSA) is 46.2 Å². The number of aryl methyl sites for hydroxylation is 1. The fourth-order valence-electron chi connectivity index (χ4n) is 1.57. The zero-order chi connectivity index (χ0) is 11.3. The molecule has 0 saturated heterocycles. The van der Waals surface area contributed by atoms with Crippen molar-refractivity contribution >= 4 is 0 Å². The van der Waals surface area contributed by atoms with Gasteiger partial charge in [0, 0.05) is 6.04 Å². The van der Waals surface area contributed by atoms with Crippen molar-refractivity contribution in [2.24, 2.45) is 5.73 Å². The van der Waals surface area contributed by atoms with Gasteiger partial charge in [-0.25, -0.2) is 0 Å². The van der Waals surface area contributed by atoms with Crippen LogP contribution in [0.2, 0.25) is 0 Å². The van der Waals surface area contributed by atoms with E-state index >= 15 is 0 Å². The molecule has 2 heteroatoms. The Hall–Kier alpha value is -0.860. The van der Waals surface area contributed by atoms with Gasteiger partial charge in [0.25, 0.3) is 0 Å². The van der Waals surface area contributed by atoms with E-state index in [0.29, 0.717) is 0 Å². The minimum absolute atomic E-state index is 0.216. The van der Waals surface area contributed by atoms with Crippen molar-refractivity contribution in [1.82, 2.24) is 0 Å². The fourth-order valence-corrected chi connectivity index (χ4v) is 1.57. The highest BCUT2D eigenvalue weighted by Crippen LogP contribution is 2.16. The summed E-state index contributed by atoms with van der Waals surface area (Å²) in [5.74, 6) is 0. The highest BCUT2D eigenvalue weighted by atomic mass is 16.3. The molecule has 1 aromatic carbocycles. The Morgan fingerprint density at radius 2 is 1.87 bits per heavy atom. The molecule has 0 aliphatic rings. The molecule has 0 heterocycles. The minimum Gasteiger partial charge on any atom is -0.387 e. The van der Waals surface area contributed by atoms with Crippen molar-refractivity contribution in [2.45, 2.75) is 45.3 Å². The lowest BCUT2D eigenvalue weighted by Crippen LogP contribution is -2.24. The Morgan fingerprint density at radius 1 is 1.27 bits per heavy atom. The van der Waals surface area contributed by atoms with Gasteiger partial charge in [0.2, 0.25) is 0 Å². The maximum absolute atomic E-state index is 9.74. The van der Waals surface area contributed by atoms with Gasteiger partial charge in [-0.05, 0) is 30.9 Å². The lowest BCUT2D eigenvalue weighted by Gasteiger charge is -2.15. The molecule has 0 bridgehead atoms. The Bertz CT molecular complexity index is 279. The molecule has 15 heavy (non-hydrogen) atoms. The highest BCUT2D eigenvalue weighted by molar-refractivity contribution is 5.24. The third-order valence-electron chi connectivity index (χ3n) is 2.64. The average molecular weight is 207 g/mol. The van der Waals surface area contributed by atoms with Gasteiger partial charge in [0.15, 0.2) is 0 Å². The summed E-state index contributed by atoms with van der Waals surface area (Å²) in [6.45, 7) is 4.00. The van der Waals surface area contributed by atoms with E-state index in [1.54, 1.807) is 0 Å². The van der Waals surface area contributed by atoms with E-state index in [-0.39, 0.29) is 6.04 Å². The number of hydrogen-bond donors (Lipinski definition) is 2. The minimum atomic E-state index is -0.551. The normalized spacial score (nSPS) is 14.9. The molecule has 3 N–H and O–H groups in total. The van der Waals surface area contributed by atoms with Gasteiger partial charge in [-0.15, -0.1) is 0 Å². The van der Waals surface area contributed by atoms with Crippen LogP contribution in [-0.4, -0.2) is 11.1 Å². The van der Waals surface area contributed by atoms with E-state index < -0.39 is 6.10 Å². The van der Waals surface area contributed by atoms with E-state index in [0.717, 1.165) is 12.0 Å². The highest BCUT2D eigenvalue weighted by Gasteiger charge is 2.11. The Labute approximate surface area is 92.1 Å². The second-order valence-corrected chi connectivity index (χ2v) is 4.15. The number of benzene rings is 1. The third-order valence-corrected chi connectivity index (χ3v) is 2.64. The first-order chi connectivity index (χ1) is 7.15. The molecule has 0 aromatic heterocycles. The molecular formula is C13H21NO. The second kappa shape index (κ2) is 5.89. The quantitative estimate of drug-likeness (QED) is 0.779. The van der Waals surface area contributed by atoms with Crippen molar-refractivity contribution < 1.29 is 5.11 Å². The molecule has 2 atom stereocenters. The first-order valence-electron chi connectivity index (χ1n) is 5.67. The molecule has 1 rings (SSSR count). The predicted octanol–water partition coefficient (Wildman–Crippen LogP) is 2.41. The van der Waals surface area contributed by atoms with Gasteiger partial charge in [-0.2, -0.15) is 0 Å². The second-order valence-electron chi connectivity index (χ2n) is 4.15. The van der Waals surface area contributed by atoms with Crippen LogP contribution in [0.1, 0.15) is 43.9 Å². The van der Waals surface area contributed by atoms with Gasteiger partial charge in [0.05, 0.1) is 6.10 Å². The summed E-state index contributed by atoms with van der Waals surface area (Å²) in [7, 11) is 0. The molecule has 0 amide bonds. The van der Waals surface area contributed by atoms with E-state index in [9.17, 15) is 5.11 Å². The first kappa shape index (κ1) is 12.2. The van der Waals surface area contributed by atoms with Gasteiger partial charge < -0.3 is 10.8 Å². The van der Waals surface area contributed by atoms with Crippen LogP contribution in [0.15, 0.2) is 24.3 Å². The Morgan fingerprint density at radius 3 is 2.33 bits per heavy atom. The number of nitrogens with two attached hydrogens (primary N) is 1. The smallest absolute Gasteiger partial charge is 0.0938 e. The summed E-state index contributed by atoms with van der Waals surface area (Å²) in [5.41, 5.74) is 7.87. The fraction of sp³-hybridized carbons (Fsp3) is 0.538. The zero-order valence-corrected chi connectivity index (χ0v) is 9.61. The summed E-state index contributed by atoms with van der Waals surface area (Å²) in [6, 6.07) is 7.89. The molecule has 84 valence electrons. The van der Waals surface area contributed by atoms with Crippen molar-refractivity contribution in [1.29, 1.82) is 0 Å². The van der Waals surface area contributed by atoms with E-state index in [1.165, 1.54) is 18.4 Å². The number of aliphatic hydroxyl groups excluding tert-OH is 1. The number of hydrogen-bond acceptors (Lipinski definition) is 2. The molecule has 0 saturated carbocycles. The Kier molecular flexibility index (Phi) is 4.79. The van der Waals surface area contributed by atoms with Gasteiger partial charge in [0.1, 0.15) is 0 Å². The summed E-state index contributed by atoms with van der Waals surface area (Å²) < 4.78 is 0. The molecule has 0 aliphatic heterocycles.